The summed E-state index contributed by atoms with van der Waals surface area (Å²) in [5, 5.41) is 11.8. The molecule has 1 saturated heterocycles. The van der Waals surface area contributed by atoms with E-state index in [0.717, 1.165) is 49.2 Å². The quantitative estimate of drug-likeness (QED) is 0.751. The summed E-state index contributed by atoms with van der Waals surface area (Å²) in [5.41, 5.74) is 4.10. The van der Waals surface area contributed by atoms with Crippen LogP contribution in [0.25, 0.3) is 11.1 Å². The SMILES string of the molecule is CCCn1nccc1C(=O)N1CCC[C@H](c2[nH]ncc2-c2ccccc2)C1. The molecule has 4 rings (SSSR count). The number of rotatable bonds is 5. The molecular weight excluding hydrogens is 338 g/mol. The number of aromatic amines is 1. The maximum absolute atomic E-state index is 13.1. The topological polar surface area (TPSA) is 66.8 Å². The molecule has 3 heterocycles. The lowest BCUT2D eigenvalue weighted by molar-refractivity contribution is 0.0693. The highest BCUT2D eigenvalue weighted by Crippen LogP contribution is 2.33. The summed E-state index contributed by atoms with van der Waals surface area (Å²) in [5.74, 6) is 0.342. The molecule has 1 aliphatic heterocycles. The molecule has 1 fully saturated rings. The van der Waals surface area contributed by atoms with Crippen LogP contribution in [0.5, 0.6) is 0 Å². The van der Waals surface area contributed by atoms with E-state index in [2.05, 4.69) is 34.4 Å². The molecule has 6 nitrogen and oxygen atoms in total. The predicted molar refractivity (Wildman–Crippen MR) is 104 cm³/mol. The molecule has 6 heteroatoms. The Morgan fingerprint density at radius 2 is 2.11 bits per heavy atom. The Labute approximate surface area is 159 Å². The van der Waals surface area contributed by atoms with Crippen molar-refractivity contribution in [3.05, 3.63) is 60.2 Å². The minimum Gasteiger partial charge on any atom is -0.337 e. The fourth-order valence-electron chi connectivity index (χ4n) is 3.92. The maximum Gasteiger partial charge on any atom is 0.272 e. The van der Waals surface area contributed by atoms with Gasteiger partial charge in [-0.05, 0) is 30.9 Å². The van der Waals surface area contributed by atoms with Crippen molar-refractivity contribution in [1.82, 2.24) is 24.9 Å². The first kappa shape index (κ1) is 17.5. The van der Waals surface area contributed by atoms with Crippen molar-refractivity contribution >= 4 is 5.91 Å². The van der Waals surface area contributed by atoms with Gasteiger partial charge in [0.15, 0.2) is 0 Å². The second kappa shape index (κ2) is 7.78. The fraction of sp³-hybridized carbons (Fsp3) is 0.381. The number of nitrogens with zero attached hydrogens (tertiary/aromatic N) is 4. The molecule has 27 heavy (non-hydrogen) atoms. The molecular formula is C21H25N5O. The summed E-state index contributed by atoms with van der Waals surface area (Å²) in [4.78, 5) is 15.0. The number of aromatic nitrogens is 4. The van der Waals surface area contributed by atoms with Crippen LogP contribution >= 0.6 is 0 Å². The van der Waals surface area contributed by atoms with Crippen LogP contribution < -0.4 is 0 Å². The Hall–Kier alpha value is -2.89. The third-order valence-corrected chi connectivity index (χ3v) is 5.24. The van der Waals surface area contributed by atoms with Gasteiger partial charge in [0.1, 0.15) is 5.69 Å². The largest absolute Gasteiger partial charge is 0.337 e. The van der Waals surface area contributed by atoms with Crippen LogP contribution in [0.4, 0.5) is 0 Å². The molecule has 140 valence electrons. The third-order valence-electron chi connectivity index (χ3n) is 5.24. The van der Waals surface area contributed by atoms with Crippen molar-refractivity contribution in [2.24, 2.45) is 0 Å². The number of H-pyrrole nitrogens is 1. The van der Waals surface area contributed by atoms with Gasteiger partial charge in [-0.1, -0.05) is 37.3 Å². The van der Waals surface area contributed by atoms with Gasteiger partial charge in [0.2, 0.25) is 0 Å². The van der Waals surface area contributed by atoms with Crippen LogP contribution in [-0.2, 0) is 6.54 Å². The number of hydrogen-bond acceptors (Lipinski definition) is 3. The van der Waals surface area contributed by atoms with Gasteiger partial charge in [-0.3, -0.25) is 14.6 Å². The van der Waals surface area contributed by atoms with E-state index in [4.69, 9.17) is 0 Å². The highest BCUT2D eigenvalue weighted by Gasteiger charge is 2.29. The number of piperidine rings is 1. The van der Waals surface area contributed by atoms with Crippen molar-refractivity contribution in [2.75, 3.05) is 13.1 Å². The van der Waals surface area contributed by atoms with Crippen molar-refractivity contribution in [1.29, 1.82) is 0 Å². The van der Waals surface area contributed by atoms with Gasteiger partial charge < -0.3 is 4.90 Å². The summed E-state index contributed by atoms with van der Waals surface area (Å²) >= 11 is 0. The zero-order chi connectivity index (χ0) is 18.6. The first-order valence-corrected chi connectivity index (χ1v) is 9.67. The first-order valence-electron chi connectivity index (χ1n) is 9.67. The number of carbonyl (C=O) groups excluding carboxylic acids is 1. The van der Waals surface area contributed by atoms with Crippen molar-refractivity contribution in [2.45, 2.75) is 38.6 Å². The van der Waals surface area contributed by atoms with Crippen molar-refractivity contribution in [3.63, 3.8) is 0 Å². The van der Waals surface area contributed by atoms with E-state index in [1.165, 1.54) is 0 Å². The van der Waals surface area contributed by atoms with Gasteiger partial charge in [-0.25, -0.2) is 0 Å². The van der Waals surface area contributed by atoms with E-state index in [1.807, 2.05) is 40.0 Å². The molecule has 1 amide bonds. The van der Waals surface area contributed by atoms with Crippen LogP contribution in [0.1, 0.15) is 48.3 Å². The van der Waals surface area contributed by atoms with Crippen molar-refractivity contribution in [3.8, 4) is 11.1 Å². The second-order valence-electron chi connectivity index (χ2n) is 7.09. The number of amides is 1. The molecule has 1 aliphatic rings. The zero-order valence-corrected chi connectivity index (χ0v) is 15.6. The standard InChI is InChI=1S/C21H25N5O/c1-2-12-26-19(10-11-23-26)21(27)25-13-6-9-17(15-25)20-18(14-22-24-20)16-7-4-3-5-8-16/h3-5,7-8,10-11,14,17H,2,6,9,12-13,15H2,1H3,(H,22,24)/t17-/m0/s1. The Bertz CT molecular complexity index is 898. The first-order chi connectivity index (χ1) is 13.3. The number of aryl methyl sites for hydroxylation is 1. The van der Waals surface area contributed by atoms with Crippen molar-refractivity contribution < 1.29 is 4.79 Å². The summed E-state index contributed by atoms with van der Waals surface area (Å²) in [6.45, 7) is 4.36. The van der Waals surface area contributed by atoms with Crippen LogP contribution in [0.2, 0.25) is 0 Å². The Kier molecular flexibility index (Phi) is 5.05. The number of likely N-dealkylation sites (tertiary alicyclic amines) is 1. The maximum atomic E-state index is 13.1. The monoisotopic (exact) mass is 363 g/mol. The molecule has 3 aromatic rings. The van der Waals surface area contributed by atoms with E-state index in [0.29, 0.717) is 12.2 Å². The summed E-state index contributed by atoms with van der Waals surface area (Å²) in [7, 11) is 0. The highest BCUT2D eigenvalue weighted by molar-refractivity contribution is 5.92. The van der Waals surface area contributed by atoms with Crippen LogP contribution in [0.3, 0.4) is 0 Å². The Morgan fingerprint density at radius 3 is 2.93 bits per heavy atom. The number of carbonyl (C=O) groups is 1. The van der Waals surface area contributed by atoms with Gasteiger partial charge in [0, 0.05) is 43.0 Å². The van der Waals surface area contributed by atoms with Gasteiger partial charge in [-0.15, -0.1) is 0 Å². The summed E-state index contributed by atoms with van der Waals surface area (Å²) < 4.78 is 1.82. The van der Waals surface area contributed by atoms with Crippen LogP contribution in [-0.4, -0.2) is 43.9 Å². The lowest BCUT2D eigenvalue weighted by Gasteiger charge is -2.32. The average Bonchev–Trinajstić information content (AvgIpc) is 3.38. The smallest absolute Gasteiger partial charge is 0.272 e. The normalized spacial score (nSPS) is 17.2. The number of nitrogens with one attached hydrogen (secondary N) is 1. The molecule has 0 saturated carbocycles. The molecule has 1 N–H and O–H groups in total. The van der Waals surface area contributed by atoms with E-state index in [1.54, 1.807) is 6.20 Å². The van der Waals surface area contributed by atoms with Gasteiger partial charge in [0.05, 0.1) is 6.20 Å². The molecule has 1 atom stereocenters. The fourth-order valence-corrected chi connectivity index (χ4v) is 3.92. The van der Waals surface area contributed by atoms with E-state index in [9.17, 15) is 4.79 Å². The van der Waals surface area contributed by atoms with E-state index < -0.39 is 0 Å². The Balaban J connectivity index is 1.55. The predicted octanol–water partition coefficient (Wildman–Crippen LogP) is 3.70. The lowest BCUT2D eigenvalue weighted by Crippen LogP contribution is -2.40. The Morgan fingerprint density at radius 1 is 1.26 bits per heavy atom. The second-order valence-corrected chi connectivity index (χ2v) is 7.09. The van der Waals surface area contributed by atoms with E-state index >= 15 is 0 Å². The molecule has 0 bridgehead atoms. The minimum atomic E-state index is 0.0754. The highest BCUT2D eigenvalue weighted by atomic mass is 16.2. The lowest BCUT2D eigenvalue weighted by atomic mass is 9.90. The number of benzene rings is 1. The molecule has 2 aromatic heterocycles. The third kappa shape index (κ3) is 3.52. The molecule has 0 unspecified atom stereocenters. The van der Waals surface area contributed by atoms with Gasteiger partial charge in [-0.2, -0.15) is 10.2 Å². The number of hydrogen-bond donors (Lipinski definition) is 1. The summed E-state index contributed by atoms with van der Waals surface area (Å²) in [6.07, 6.45) is 6.61. The van der Waals surface area contributed by atoms with Gasteiger partial charge >= 0.3 is 0 Å². The average molecular weight is 363 g/mol. The molecule has 0 aliphatic carbocycles. The van der Waals surface area contributed by atoms with Crippen LogP contribution in [0, 0.1) is 0 Å². The van der Waals surface area contributed by atoms with E-state index in [-0.39, 0.29) is 11.8 Å². The minimum absolute atomic E-state index is 0.0754. The van der Waals surface area contributed by atoms with Gasteiger partial charge in [0.25, 0.3) is 5.91 Å². The molecule has 1 aromatic carbocycles. The molecule has 0 spiro atoms. The summed E-state index contributed by atoms with van der Waals surface area (Å²) in [6, 6.07) is 12.1. The van der Waals surface area contributed by atoms with Crippen LogP contribution in [0.15, 0.2) is 48.8 Å². The molecule has 0 radical (unpaired) electrons. The zero-order valence-electron chi connectivity index (χ0n) is 15.6.